The first-order chi connectivity index (χ1) is 35.0. The van der Waals surface area contributed by atoms with E-state index in [0.717, 1.165) is 44.9 Å². The summed E-state index contributed by atoms with van der Waals surface area (Å²) in [4.78, 5) is 24.5. The first-order valence-corrected chi connectivity index (χ1v) is 32.4. The maximum atomic E-state index is 12.5. The van der Waals surface area contributed by atoms with Crippen LogP contribution in [0.25, 0.3) is 0 Å². The van der Waals surface area contributed by atoms with Gasteiger partial charge in [-0.1, -0.05) is 315 Å². The minimum Gasteiger partial charge on any atom is -0.466 e. The summed E-state index contributed by atoms with van der Waals surface area (Å²) in [5, 5.41) is 23.3. The molecule has 422 valence electrons. The van der Waals surface area contributed by atoms with Crippen molar-refractivity contribution in [2.45, 2.75) is 379 Å². The smallest absolute Gasteiger partial charge is 0.305 e. The molecule has 0 heterocycles. The Hall–Kier alpha value is -1.40. The molecule has 0 aliphatic heterocycles. The van der Waals surface area contributed by atoms with Gasteiger partial charge >= 0.3 is 5.97 Å². The maximum absolute atomic E-state index is 12.5. The molecule has 0 aromatic carbocycles. The number of nitrogens with one attached hydrogen (secondary N) is 1. The Morgan fingerprint density at radius 3 is 1.03 bits per heavy atom. The number of aliphatic hydroxyl groups excluding tert-OH is 2. The summed E-state index contributed by atoms with van der Waals surface area (Å²) in [6.07, 6.45) is 73.8. The van der Waals surface area contributed by atoms with E-state index >= 15 is 0 Å². The zero-order valence-electron chi connectivity index (χ0n) is 48.2. The van der Waals surface area contributed by atoms with Crippen LogP contribution in [0.2, 0.25) is 0 Å². The van der Waals surface area contributed by atoms with E-state index in [-0.39, 0.29) is 18.5 Å². The summed E-state index contributed by atoms with van der Waals surface area (Å²) >= 11 is 0. The summed E-state index contributed by atoms with van der Waals surface area (Å²) in [7, 11) is 0. The van der Waals surface area contributed by atoms with Crippen LogP contribution < -0.4 is 5.32 Å². The lowest BCUT2D eigenvalue weighted by atomic mass is 10.0. The number of amides is 1. The van der Waals surface area contributed by atoms with Gasteiger partial charge in [0.2, 0.25) is 5.91 Å². The molecule has 0 aromatic rings. The fourth-order valence-electron chi connectivity index (χ4n) is 10.3. The summed E-state index contributed by atoms with van der Waals surface area (Å²) in [6.45, 7) is 4.96. The van der Waals surface area contributed by atoms with Crippen molar-refractivity contribution >= 4 is 11.9 Å². The molecular weight excluding hydrogens is 875 g/mol. The molecule has 1 amide bonds. The van der Waals surface area contributed by atoms with Crippen LogP contribution in [0.4, 0.5) is 0 Å². The average molecular weight is 1000 g/mol. The van der Waals surface area contributed by atoms with Gasteiger partial charge in [-0.05, 0) is 51.4 Å². The first-order valence-electron chi connectivity index (χ1n) is 32.4. The monoisotopic (exact) mass is 1000 g/mol. The predicted molar refractivity (Wildman–Crippen MR) is 310 cm³/mol. The van der Waals surface area contributed by atoms with E-state index in [1.54, 1.807) is 0 Å². The number of carbonyl (C=O) groups excluding carboxylic acids is 2. The highest BCUT2D eigenvalue weighted by Crippen LogP contribution is 2.19. The molecule has 6 heteroatoms. The minimum absolute atomic E-state index is 0.00700. The van der Waals surface area contributed by atoms with Crippen molar-refractivity contribution < 1.29 is 24.5 Å². The van der Waals surface area contributed by atoms with Crippen LogP contribution in [-0.4, -0.2) is 47.4 Å². The Morgan fingerprint density at radius 1 is 0.380 bits per heavy atom. The van der Waals surface area contributed by atoms with Gasteiger partial charge in [0.05, 0.1) is 25.4 Å². The molecule has 71 heavy (non-hydrogen) atoms. The molecule has 0 radical (unpaired) electrons. The lowest BCUT2D eigenvalue weighted by Gasteiger charge is -2.22. The summed E-state index contributed by atoms with van der Waals surface area (Å²) in [5.41, 5.74) is 0. The maximum Gasteiger partial charge on any atom is 0.305 e. The van der Waals surface area contributed by atoms with E-state index in [1.165, 1.54) is 289 Å². The molecule has 2 atom stereocenters. The van der Waals surface area contributed by atoms with Gasteiger partial charge in [0.15, 0.2) is 0 Å². The van der Waals surface area contributed by atoms with Crippen molar-refractivity contribution in [3.63, 3.8) is 0 Å². The van der Waals surface area contributed by atoms with Crippen LogP contribution in [0.15, 0.2) is 12.2 Å². The van der Waals surface area contributed by atoms with Crippen LogP contribution in [0, 0.1) is 0 Å². The number of allylic oxidation sites excluding steroid dienone is 2. The molecule has 0 saturated carbocycles. The van der Waals surface area contributed by atoms with Crippen LogP contribution >= 0.6 is 0 Å². The lowest BCUT2D eigenvalue weighted by molar-refractivity contribution is -0.143. The van der Waals surface area contributed by atoms with Crippen LogP contribution in [0.3, 0.4) is 0 Å². The van der Waals surface area contributed by atoms with E-state index in [0.29, 0.717) is 25.9 Å². The summed E-state index contributed by atoms with van der Waals surface area (Å²) < 4.78 is 5.47. The van der Waals surface area contributed by atoms with E-state index in [2.05, 4.69) is 31.3 Å². The van der Waals surface area contributed by atoms with Crippen LogP contribution in [0.1, 0.15) is 367 Å². The van der Waals surface area contributed by atoms with Crippen LogP contribution in [0.5, 0.6) is 0 Å². The van der Waals surface area contributed by atoms with Crippen molar-refractivity contribution in [1.82, 2.24) is 5.32 Å². The third-order valence-corrected chi connectivity index (χ3v) is 15.3. The molecule has 0 bridgehead atoms. The Bertz CT molecular complexity index is 1060. The highest BCUT2D eigenvalue weighted by atomic mass is 16.5. The quantitative estimate of drug-likeness (QED) is 0.0320. The number of carbonyl (C=O) groups is 2. The molecule has 0 fully saturated rings. The van der Waals surface area contributed by atoms with Crippen molar-refractivity contribution in [2.75, 3.05) is 13.2 Å². The van der Waals surface area contributed by atoms with Gasteiger partial charge in [0, 0.05) is 12.8 Å². The number of ether oxygens (including phenoxy) is 1. The fraction of sp³-hybridized carbons (Fsp3) is 0.938. The molecule has 0 saturated heterocycles. The average Bonchev–Trinajstić information content (AvgIpc) is 3.37. The number of rotatable bonds is 61. The standard InChI is InChI=1S/C65H127NO5/c1-3-5-7-9-11-13-15-17-18-28-31-34-37-41-45-49-53-57-63(68)62(61-67)66-64(69)58-54-50-46-42-38-35-32-29-26-24-22-20-19-21-23-25-27-30-33-36-40-44-48-52-56-60-71-65(70)59-55-51-47-43-39-16-14-12-10-8-6-4-2/h12,14,62-63,67-68H,3-11,13,15-61H2,1-2H3,(H,66,69)/b14-12-. The number of esters is 1. The zero-order valence-corrected chi connectivity index (χ0v) is 48.2. The highest BCUT2D eigenvalue weighted by Gasteiger charge is 2.20. The molecule has 0 aromatic heterocycles. The van der Waals surface area contributed by atoms with Gasteiger partial charge in [-0.2, -0.15) is 0 Å². The summed E-state index contributed by atoms with van der Waals surface area (Å²) in [5.74, 6) is -0.0228. The lowest BCUT2D eigenvalue weighted by Crippen LogP contribution is -2.45. The largest absolute Gasteiger partial charge is 0.466 e. The third-order valence-electron chi connectivity index (χ3n) is 15.3. The second-order valence-corrected chi connectivity index (χ2v) is 22.5. The predicted octanol–water partition coefficient (Wildman–Crippen LogP) is 20.4. The van der Waals surface area contributed by atoms with Gasteiger partial charge in [0.1, 0.15) is 0 Å². The molecular formula is C65H127NO5. The minimum atomic E-state index is -0.662. The van der Waals surface area contributed by atoms with Gasteiger partial charge < -0.3 is 20.3 Å². The van der Waals surface area contributed by atoms with E-state index in [4.69, 9.17) is 4.74 Å². The molecule has 0 aliphatic rings. The van der Waals surface area contributed by atoms with Crippen molar-refractivity contribution in [1.29, 1.82) is 0 Å². The normalized spacial score (nSPS) is 12.6. The van der Waals surface area contributed by atoms with Gasteiger partial charge in [-0.25, -0.2) is 0 Å². The second kappa shape index (κ2) is 61.1. The molecule has 0 spiro atoms. The zero-order chi connectivity index (χ0) is 51.4. The second-order valence-electron chi connectivity index (χ2n) is 22.5. The van der Waals surface area contributed by atoms with Gasteiger partial charge in [-0.15, -0.1) is 0 Å². The number of unbranched alkanes of at least 4 members (excludes halogenated alkanes) is 48. The molecule has 2 unspecified atom stereocenters. The number of aliphatic hydroxyl groups is 2. The van der Waals surface area contributed by atoms with Crippen molar-refractivity contribution in [2.24, 2.45) is 0 Å². The Balaban J connectivity index is 3.36. The summed E-state index contributed by atoms with van der Waals surface area (Å²) in [6, 6.07) is -0.539. The molecule has 3 N–H and O–H groups in total. The third kappa shape index (κ3) is 57.7. The van der Waals surface area contributed by atoms with E-state index in [9.17, 15) is 19.8 Å². The highest BCUT2D eigenvalue weighted by molar-refractivity contribution is 5.76. The molecule has 6 nitrogen and oxygen atoms in total. The van der Waals surface area contributed by atoms with Crippen LogP contribution in [-0.2, 0) is 14.3 Å². The van der Waals surface area contributed by atoms with Crippen molar-refractivity contribution in [3.05, 3.63) is 12.2 Å². The van der Waals surface area contributed by atoms with E-state index < -0.39 is 12.1 Å². The number of hydrogen-bond donors (Lipinski definition) is 3. The number of hydrogen-bond acceptors (Lipinski definition) is 5. The Kier molecular flexibility index (Phi) is 59.9. The molecule has 0 aliphatic carbocycles. The van der Waals surface area contributed by atoms with Gasteiger partial charge in [0.25, 0.3) is 0 Å². The first kappa shape index (κ1) is 69.6. The Labute approximate surface area is 444 Å². The fourth-order valence-corrected chi connectivity index (χ4v) is 10.3. The Morgan fingerprint density at radius 2 is 0.662 bits per heavy atom. The van der Waals surface area contributed by atoms with Crippen molar-refractivity contribution in [3.8, 4) is 0 Å². The topological polar surface area (TPSA) is 95.9 Å². The van der Waals surface area contributed by atoms with E-state index in [1.807, 2.05) is 0 Å². The SMILES string of the molecule is CCCCC/C=C\CCCCCCCC(=O)OCCCCCCCCCCCCCCCCCCCCCCCCCCCC(=O)NC(CO)C(O)CCCCCCCCCCCCCCCCCCC. The molecule has 0 rings (SSSR count). The van der Waals surface area contributed by atoms with Gasteiger partial charge in [-0.3, -0.25) is 9.59 Å².